The van der Waals surface area contributed by atoms with Gasteiger partial charge in [-0.15, -0.1) is 11.6 Å². The summed E-state index contributed by atoms with van der Waals surface area (Å²) in [5.41, 5.74) is 0. The zero-order valence-electron chi connectivity index (χ0n) is 10.8. The minimum absolute atomic E-state index is 0.461. The van der Waals surface area contributed by atoms with Crippen LogP contribution in [0, 0.1) is 5.92 Å². The molecule has 1 aliphatic rings. The van der Waals surface area contributed by atoms with E-state index >= 15 is 0 Å². The van der Waals surface area contributed by atoms with E-state index in [0.717, 1.165) is 29.0 Å². The van der Waals surface area contributed by atoms with Crippen molar-refractivity contribution < 1.29 is 0 Å². The summed E-state index contributed by atoms with van der Waals surface area (Å²) in [5, 5.41) is 1.63. The van der Waals surface area contributed by atoms with Crippen LogP contribution in [0.3, 0.4) is 0 Å². The Bertz CT molecular complexity index is 381. The maximum absolute atomic E-state index is 6.07. The highest BCUT2D eigenvalue weighted by Crippen LogP contribution is 2.33. The Morgan fingerprint density at radius 1 is 1.39 bits per heavy atom. The van der Waals surface area contributed by atoms with Gasteiger partial charge in [0.1, 0.15) is 5.15 Å². The molecule has 1 saturated heterocycles. The zero-order valence-corrected chi connectivity index (χ0v) is 13.1. The van der Waals surface area contributed by atoms with Crippen molar-refractivity contribution in [1.82, 2.24) is 4.98 Å². The van der Waals surface area contributed by atoms with E-state index in [9.17, 15) is 0 Å². The van der Waals surface area contributed by atoms with Crippen molar-refractivity contribution in [3.63, 3.8) is 0 Å². The summed E-state index contributed by atoms with van der Waals surface area (Å²) in [6.07, 6.45) is 6.55. The van der Waals surface area contributed by atoms with Gasteiger partial charge >= 0.3 is 0 Å². The van der Waals surface area contributed by atoms with E-state index < -0.39 is 0 Å². The second-order valence-electron chi connectivity index (χ2n) is 4.92. The molecule has 18 heavy (non-hydrogen) atoms. The molecular formula is C13H20Cl2N2S. The predicted octanol–water partition coefficient (Wildman–Crippen LogP) is 4.94. The smallest absolute Gasteiger partial charge is 0.187 e. The minimum atomic E-state index is 0.461. The van der Waals surface area contributed by atoms with Crippen LogP contribution in [0.4, 0.5) is 5.13 Å². The molecule has 0 spiro atoms. The molecule has 0 bridgehead atoms. The van der Waals surface area contributed by atoms with Gasteiger partial charge in [-0.2, -0.15) is 0 Å². The summed E-state index contributed by atoms with van der Waals surface area (Å²) < 4.78 is 0. The molecule has 2 heterocycles. The zero-order chi connectivity index (χ0) is 13.0. The van der Waals surface area contributed by atoms with Gasteiger partial charge < -0.3 is 4.90 Å². The summed E-state index contributed by atoms with van der Waals surface area (Å²) in [4.78, 5) is 7.81. The first-order valence-corrected chi connectivity index (χ1v) is 8.43. The SMILES string of the molecule is CCCC1CCCN(c2nc(Cl)c(CCl)s2)CC1. The van der Waals surface area contributed by atoms with Crippen molar-refractivity contribution in [2.75, 3.05) is 18.0 Å². The molecule has 5 heteroatoms. The van der Waals surface area contributed by atoms with Crippen LogP contribution in [0.1, 0.15) is 43.9 Å². The fraction of sp³-hybridized carbons (Fsp3) is 0.769. The van der Waals surface area contributed by atoms with Gasteiger partial charge in [-0.05, 0) is 25.2 Å². The van der Waals surface area contributed by atoms with Crippen LogP contribution in [0.15, 0.2) is 0 Å². The van der Waals surface area contributed by atoms with Gasteiger partial charge in [-0.1, -0.05) is 42.7 Å². The quantitative estimate of drug-likeness (QED) is 0.732. The molecular weight excluding hydrogens is 287 g/mol. The third-order valence-electron chi connectivity index (χ3n) is 3.57. The largest absolute Gasteiger partial charge is 0.348 e. The van der Waals surface area contributed by atoms with Crippen molar-refractivity contribution in [2.24, 2.45) is 5.92 Å². The third-order valence-corrected chi connectivity index (χ3v) is 5.54. The molecule has 0 saturated carbocycles. The molecule has 0 aliphatic carbocycles. The lowest BCUT2D eigenvalue weighted by molar-refractivity contribution is 0.435. The van der Waals surface area contributed by atoms with E-state index in [1.54, 1.807) is 11.3 Å². The highest BCUT2D eigenvalue weighted by Gasteiger charge is 2.20. The molecule has 0 N–H and O–H groups in total. The topological polar surface area (TPSA) is 16.1 Å². The van der Waals surface area contributed by atoms with Crippen LogP contribution >= 0.6 is 34.5 Å². The highest BCUT2D eigenvalue weighted by atomic mass is 35.5. The number of aromatic nitrogens is 1. The van der Waals surface area contributed by atoms with Crippen molar-refractivity contribution in [3.8, 4) is 0 Å². The van der Waals surface area contributed by atoms with E-state index in [1.165, 1.54) is 32.1 Å². The lowest BCUT2D eigenvalue weighted by Crippen LogP contribution is -2.23. The maximum Gasteiger partial charge on any atom is 0.187 e. The third kappa shape index (κ3) is 3.52. The Hall–Kier alpha value is 0.01000. The summed E-state index contributed by atoms with van der Waals surface area (Å²) >= 11 is 13.6. The van der Waals surface area contributed by atoms with Gasteiger partial charge in [-0.25, -0.2) is 4.98 Å². The molecule has 102 valence electrons. The second kappa shape index (κ2) is 6.97. The Balaban J connectivity index is 2.00. The molecule has 1 aromatic heterocycles. The first-order chi connectivity index (χ1) is 8.74. The van der Waals surface area contributed by atoms with Gasteiger partial charge in [0.2, 0.25) is 0 Å². The normalized spacial score (nSPS) is 21.1. The van der Waals surface area contributed by atoms with Gasteiger partial charge in [-0.3, -0.25) is 0 Å². The van der Waals surface area contributed by atoms with Crippen LogP contribution in [-0.4, -0.2) is 18.1 Å². The summed E-state index contributed by atoms with van der Waals surface area (Å²) in [6, 6.07) is 0. The molecule has 1 atom stereocenters. The molecule has 2 rings (SSSR count). The van der Waals surface area contributed by atoms with E-state index in [-0.39, 0.29) is 0 Å². The van der Waals surface area contributed by atoms with Crippen molar-refractivity contribution in [1.29, 1.82) is 0 Å². The molecule has 1 aliphatic heterocycles. The molecule has 1 fully saturated rings. The molecule has 0 radical (unpaired) electrons. The summed E-state index contributed by atoms with van der Waals surface area (Å²) in [7, 11) is 0. The van der Waals surface area contributed by atoms with Crippen molar-refractivity contribution in [3.05, 3.63) is 10.0 Å². The van der Waals surface area contributed by atoms with Crippen molar-refractivity contribution in [2.45, 2.75) is 44.9 Å². The Morgan fingerprint density at radius 2 is 2.22 bits per heavy atom. The molecule has 0 aromatic carbocycles. The standard InChI is InChI=1S/C13H20Cl2N2S/c1-2-4-10-5-3-7-17(8-6-10)13-16-12(15)11(9-14)18-13/h10H,2-9H2,1H3. The summed E-state index contributed by atoms with van der Waals surface area (Å²) in [6.45, 7) is 4.48. The van der Waals surface area contributed by atoms with Crippen LogP contribution < -0.4 is 4.90 Å². The first kappa shape index (κ1) is 14.4. The number of thiazole rings is 1. The number of halogens is 2. The first-order valence-electron chi connectivity index (χ1n) is 6.70. The lowest BCUT2D eigenvalue weighted by atomic mass is 9.96. The second-order valence-corrected chi connectivity index (χ2v) is 6.60. The van der Waals surface area contributed by atoms with Crippen LogP contribution in [0.2, 0.25) is 5.15 Å². The molecule has 2 nitrogen and oxygen atoms in total. The summed E-state index contributed by atoms with van der Waals surface area (Å²) in [5.74, 6) is 1.35. The van der Waals surface area contributed by atoms with E-state index in [1.807, 2.05) is 0 Å². The molecule has 0 amide bonds. The van der Waals surface area contributed by atoms with E-state index in [2.05, 4.69) is 16.8 Å². The fourth-order valence-electron chi connectivity index (χ4n) is 2.59. The van der Waals surface area contributed by atoms with Gasteiger partial charge in [0.25, 0.3) is 0 Å². The number of alkyl halides is 1. The highest BCUT2D eigenvalue weighted by molar-refractivity contribution is 7.16. The van der Waals surface area contributed by atoms with E-state index in [4.69, 9.17) is 23.2 Å². The Labute approximate surface area is 123 Å². The average Bonchev–Trinajstić information content (AvgIpc) is 2.59. The average molecular weight is 307 g/mol. The number of hydrogen-bond acceptors (Lipinski definition) is 3. The van der Waals surface area contributed by atoms with Crippen LogP contribution in [0.25, 0.3) is 0 Å². The van der Waals surface area contributed by atoms with Crippen LogP contribution in [-0.2, 0) is 5.88 Å². The lowest BCUT2D eigenvalue weighted by Gasteiger charge is -2.19. The minimum Gasteiger partial charge on any atom is -0.348 e. The predicted molar refractivity (Wildman–Crippen MR) is 81.1 cm³/mol. The monoisotopic (exact) mass is 306 g/mol. The maximum atomic E-state index is 6.07. The van der Waals surface area contributed by atoms with Crippen molar-refractivity contribution >= 4 is 39.7 Å². The van der Waals surface area contributed by atoms with Gasteiger partial charge in [0, 0.05) is 13.1 Å². The van der Waals surface area contributed by atoms with Crippen LogP contribution in [0.5, 0.6) is 0 Å². The number of nitrogens with zero attached hydrogens (tertiary/aromatic N) is 2. The Morgan fingerprint density at radius 3 is 2.89 bits per heavy atom. The number of hydrogen-bond donors (Lipinski definition) is 0. The molecule has 1 aromatic rings. The Kier molecular flexibility index (Phi) is 5.58. The van der Waals surface area contributed by atoms with Gasteiger partial charge in [0.05, 0.1) is 10.8 Å². The number of rotatable bonds is 4. The van der Waals surface area contributed by atoms with Gasteiger partial charge in [0.15, 0.2) is 5.13 Å². The van der Waals surface area contributed by atoms with E-state index in [0.29, 0.717) is 11.0 Å². The molecule has 1 unspecified atom stereocenters. The fourth-order valence-corrected chi connectivity index (χ4v) is 4.12. The number of anilines is 1.